The third kappa shape index (κ3) is 3.25. The number of rotatable bonds is 5. The van der Waals surface area contributed by atoms with Crippen LogP contribution in [0.25, 0.3) is 0 Å². The smallest absolute Gasteiger partial charge is 0.323 e. The first-order chi connectivity index (χ1) is 9.84. The summed E-state index contributed by atoms with van der Waals surface area (Å²) >= 11 is 1.10. The van der Waals surface area contributed by atoms with Crippen molar-refractivity contribution in [2.75, 3.05) is 20.1 Å². The number of amides is 1. The van der Waals surface area contributed by atoms with Gasteiger partial charge in [0.2, 0.25) is 5.91 Å². The molecule has 1 saturated heterocycles. The molecule has 21 heavy (non-hydrogen) atoms. The molecule has 1 aliphatic rings. The van der Waals surface area contributed by atoms with Crippen molar-refractivity contribution in [2.45, 2.75) is 23.1 Å². The van der Waals surface area contributed by atoms with Crippen LogP contribution in [-0.4, -0.2) is 60.8 Å². The van der Waals surface area contributed by atoms with Gasteiger partial charge in [0.05, 0.1) is 0 Å². The number of nitrogens with zero attached hydrogens (tertiary/aromatic N) is 2. The average molecular weight is 332 g/mol. The molecule has 1 amide bonds. The molecule has 0 radical (unpaired) electrons. The van der Waals surface area contributed by atoms with E-state index in [2.05, 4.69) is 0 Å². The number of aliphatic carboxylic acids is 1. The van der Waals surface area contributed by atoms with Crippen molar-refractivity contribution in [3.63, 3.8) is 0 Å². The molecule has 116 valence electrons. The summed E-state index contributed by atoms with van der Waals surface area (Å²) in [6.07, 6.45) is 0.995. The van der Waals surface area contributed by atoms with Crippen LogP contribution >= 0.6 is 11.3 Å². The van der Waals surface area contributed by atoms with Crippen molar-refractivity contribution >= 4 is 33.2 Å². The Hall–Kier alpha value is -1.45. The lowest BCUT2D eigenvalue weighted by Gasteiger charge is -2.26. The number of hydrogen-bond acceptors (Lipinski definition) is 5. The number of carbonyl (C=O) groups is 2. The summed E-state index contributed by atoms with van der Waals surface area (Å²) in [5, 5.41) is 10.4. The van der Waals surface area contributed by atoms with Gasteiger partial charge in [-0.2, -0.15) is 4.31 Å². The van der Waals surface area contributed by atoms with E-state index in [0.29, 0.717) is 12.8 Å². The first kappa shape index (κ1) is 15.9. The largest absolute Gasteiger partial charge is 0.480 e. The third-order valence-electron chi connectivity index (χ3n) is 3.30. The summed E-state index contributed by atoms with van der Waals surface area (Å²) in [6.45, 7) is -0.167. The van der Waals surface area contributed by atoms with Crippen molar-refractivity contribution in [3.05, 3.63) is 17.5 Å². The Morgan fingerprint density at radius 1 is 1.52 bits per heavy atom. The summed E-state index contributed by atoms with van der Waals surface area (Å²) in [6, 6.07) is 2.32. The topological polar surface area (TPSA) is 95.0 Å². The highest BCUT2D eigenvalue weighted by Gasteiger charge is 2.41. The van der Waals surface area contributed by atoms with Crippen molar-refractivity contribution in [3.8, 4) is 0 Å². The molecule has 2 rings (SSSR count). The molecule has 1 aromatic heterocycles. The van der Waals surface area contributed by atoms with Crippen LogP contribution in [0.3, 0.4) is 0 Å². The SMILES string of the molecule is CN(CC(=O)O)C(=O)C1CCCN1S(=O)(=O)c1cccs1. The Balaban J connectivity index is 2.21. The maximum Gasteiger partial charge on any atom is 0.323 e. The quantitative estimate of drug-likeness (QED) is 0.844. The highest BCUT2D eigenvalue weighted by molar-refractivity contribution is 7.91. The average Bonchev–Trinajstić information content (AvgIpc) is 3.08. The fourth-order valence-electron chi connectivity index (χ4n) is 2.34. The Bertz CT molecular complexity index is 626. The van der Waals surface area contributed by atoms with Crippen LogP contribution in [-0.2, 0) is 19.6 Å². The summed E-state index contributed by atoms with van der Waals surface area (Å²) in [5.41, 5.74) is 0. The van der Waals surface area contributed by atoms with Gasteiger partial charge in [-0.3, -0.25) is 9.59 Å². The summed E-state index contributed by atoms with van der Waals surface area (Å²) < 4.78 is 26.4. The molecule has 0 spiro atoms. The monoisotopic (exact) mass is 332 g/mol. The van der Waals surface area contributed by atoms with Crippen molar-refractivity contribution in [2.24, 2.45) is 0 Å². The molecule has 0 aliphatic carbocycles. The Kier molecular flexibility index (Phi) is 4.64. The second-order valence-electron chi connectivity index (χ2n) is 4.79. The summed E-state index contributed by atoms with van der Waals surface area (Å²) in [7, 11) is -2.33. The molecule has 0 bridgehead atoms. The minimum Gasteiger partial charge on any atom is -0.480 e. The van der Waals surface area contributed by atoms with Gasteiger partial charge in [0.1, 0.15) is 16.8 Å². The lowest BCUT2D eigenvalue weighted by atomic mass is 10.2. The molecule has 2 heterocycles. The maximum atomic E-state index is 12.5. The zero-order valence-electron chi connectivity index (χ0n) is 11.4. The predicted molar refractivity (Wildman–Crippen MR) is 76.5 cm³/mol. The molecule has 1 atom stereocenters. The predicted octanol–water partition coefficient (Wildman–Crippen LogP) is 0.444. The van der Waals surface area contributed by atoms with Crippen LogP contribution in [0.15, 0.2) is 21.7 Å². The fraction of sp³-hybridized carbons (Fsp3) is 0.500. The number of carboxylic acid groups (broad SMARTS) is 1. The molecular formula is C12H16N2O5S2. The standard InChI is InChI=1S/C12H16N2O5S2/c1-13(8-10(15)16)12(17)9-4-2-6-14(9)21(18,19)11-5-3-7-20-11/h3,5,7,9H,2,4,6,8H2,1H3,(H,15,16). The molecule has 9 heteroatoms. The van der Waals surface area contributed by atoms with Crippen molar-refractivity contribution in [1.82, 2.24) is 9.21 Å². The minimum absolute atomic E-state index is 0.197. The number of hydrogen-bond donors (Lipinski definition) is 1. The first-order valence-electron chi connectivity index (χ1n) is 6.36. The molecular weight excluding hydrogens is 316 g/mol. The van der Waals surface area contributed by atoms with E-state index in [4.69, 9.17) is 5.11 Å². The van der Waals surface area contributed by atoms with E-state index in [-0.39, 0.29) is 10.8 Å². The number of carboxylic acids is 1. The van der Waals surface area contributed by atoms with E-state index >= 15 is 0 Å². The van der Waals surface area contributed by atoms with Crippen molar-refractivity contribution < 1.29 is 23.1 Å². The van der Waals surface area contributed by atoms with Crippen molar-refractivity contribution in [1.29, 1.82) is 0 Å². The maximum absolute atomic E-state index is 12.5. The van der Waals surface area contributed by atoms with Gasteiger partial charge in [0.25, 0.3) is 10.0 Å². The van der Waals surface area contributed by atoms with Gasteiger partial charge >= 0.3 is 5.97 Å². The summed E-state index contributed by atoms with van der Waals surface area (Å²) in [4.78, 5) is 24.0. The second kappa shape index (κ2) is 6.12. The van der Waals surface area contributed by atoms with Gasteiger partial charge in [-0.15, -0.1) is 11.3 Å². The van der Waals surface area contributed by atoms with Crippen LogP contribution < -0.4 is 0 Å². The van der Waals surface area contributed by atoms with E-state index in [1.54, 1.807) is 11.4 Å². The third-order valence-corrected chi connectivity index (χ3v) is 6.58. The Labute approximate surface area is 126 Å². The molecule has 0 saturated carbocycles. The Morgan fingerprint density at radius 2 is 2.24 bits per heavy atom. The van der Waals surface area contributed by atoms with E-state index < -0.39 is 34.5 Å². The zero-order valence-corrected chi connectivity index (χ0v) is 13.1. The fourth-order valence-corrected chi connectivity index (χ4v) is 5.11. The minimum atomic E-state index is -3.69. The van der Waals surface area contributed by atoms with E-state index in [1.807, 2.05) is 0 Å². The molecule has 1 aromatic rings. The highest BCUT2D eigenvalue weighted by atomic mass is 32.2. The number of carbonyl (C=O) groups excluding carboxylic acids is 1. The van der Waals surface area contributed by atoms with Gasteiger partial charge < -0.3 is 10.0 Å². The number of likely N-dealkylation sites (N-methyl/N-ethyl adjacent to an activating group) is 1. The molecule has 0 aromatic carbocycles. The molecule has 1 fully saturated rings. The highest BCUT2D eigenvalue weighted by Crippen LogP contribution is 2.29. The van der Waals surface area contributed by atoms with Gasteiger partial charge in [-0.1, -0.05) is 6.07 Å². The van der Waals surface area contributed by atoms with Gasteiger partial charge in [-0.05, 0) is 24.3 Å². The van der Waals surface area contributed by atoms with Crippen LogP contribution in [0.4, 0.5) is 0 Å². The van der Waals surface area contributed by atoms with Gasteiger partial charge in [-0.25, -0.2) is 8.42 Å². The molecule has 7 nitrogen and oxygen atoms in total. The van der Waals surface area contributed by atoms with Crippen LogP contribution in [0, 0.1) is 0 Å². The number of sulfonamides is 1. The normalized spacial score (nSPS) is 19.6. The first-order valence-corrected chi connectivity index (χ1v) is 8.68. The van der Waals surface area contributed by atoms with Crippen LogP contribution in [0.1, 0.15) is 12.8 Å². The number of thiophene rings is 1. The molecule has 1 unspecified atom stereocenters. The van der Waals surface area contributed by atoms with E-state index in [9.17, 15) is 18.0 Å². The van der Waals surface area contributed by atoms with Crippen LogP contribution in [0.2, 0.25) is 0 Å². The Morgan fingerprint density at radius 3 is 2.81 bits per heavy atom. The van der Waals surface area contributed by atoms with Crippen LogP contribution in [0.5, 0.6) is 0 Å². The van der Waals surface area contributed by atoms with Gasteiger partial charge in [0.15, 0.2) is 0 Å². The second-order valence-corrected chi connectivity index (χ2v) is 7.86. The lowest BCUT2D eigenvalue weighted by Crippen LogP contribution is -2.47. The molecule has 1 aliphatic heterocycles. The lowest BCUT2D eigenvalue weighted by molar-refractivity contribution is -0.144. The zero-order chi connectivity index (χ0) is 15.6. The molecule has 1 N–H and O–H groups in total. The van der Waals surface area contributed by atoms with E-state index in [0.717, 1.165) is 16.2 Å². The summed E-state index contributed by atoms with van der Waals surface area (Å²) in [5.74, 6) is -1.61. The van der Waals surface area contributed by atoms with E-state index in [1.165, 1.54) is 17.4 Å². The van der Waals surface area contributed by atoms with Gasteiger partial charge in [0, 0.05) is 13.6 Å².